The fourth-order valence-electron chi connectivity index (χ4n) is 3.12. The van der Waals surface area contributed by atoms with Crippen molar-refractivity contribution in [2.24, 2.45) is 5.10 Å². The van der Waals surface area contributed by atoms with Crippen LogP contribution in [0.4, 0.5) is 4.79 Å². The number of rotatable bonds is 0. The van der Waals surface area contributed by atoms with Gasteiger partial charge in [-0.2, -0.15) is 0 Å². The van der Waals surface area contributed by atoms with E-state index in [9.17, 15) is 9.59 Å². The molecule has 2 heterocycles. The molecule has 1 amide bonds. The maximum Gasteiger partial charge on any atom is 0.435 e. The second kappa shape index (κ2) is 6.12. The van der Waals surface area contributed by atoms with E-state index in [4.69, 9.17) is 18.9 Å². The Hall–Kier alpha value is -2.77. The number of amides is 1. The fraction of sp³-hybridized carbons (Fsp3) is 0.550. The lowest BCUT2D eigenvalue weighted by molar-refractivity contribution is -0.166. The van der Waals surface area contributed by atoms with Gasteiger partial charge in [0.2, 0.25) is 0 Å². The van der Waals surface area contributed by atoms with E-state index in [0.29, 0.717) is 11.3 Å². The van der Waals surface area contributed by atoms with Crippen molar-refractivity contribution in [1.29, 1.82) is 0 Å². The van der Waals surface area contributed by atoms with Crippen LogP contribution in [0.25, 0.3) is 0 Å². The zero-order chi connectivity index (χ0) is 21.1. The van der Waals surface area contributed by atoms with Gasteiger partial charge in [0.25, 0.3) is 0 Å². The summed E-state index contributed by atoms with van der Waals surface area (Å²) in [6.45, 7) is 14.3. The van der Waals surface area contributed by atoms with Crippen molar-refractivity contribution < 1.29 is 28.5 Å². The number of carbonyl (C=O) groups is 2. The maximum absolute atomic E-state index is 13.0. The molecule has 2 aliphatic heterocycles. The average Bonchev–Trinajstić information content (AvgIpc) is 2.95. The number of hydrogen-bond donors (Lipinski definition) is 0. The molecular formula is C20H26N2O6. The van der Waals surface area contributed by atoms with Crippen molar-refractivity contribution >= 4 is 18.1 Å². The molecule has 1 aromatic carbocycles. The number of hydrazone groups is 1. The molecule has 0 N–H and O–H groups in total. The van der Waals surface area contributed by atoms with Gasteiger partial charge in [-0.15, -0.1) is 5.01 Å². The minimum atomic E-state index is -1.92. The topological polar surface area (TPSA) is 86.7 Å². The Morgan fingerprint density at radius 3 is 2.32 bits per heavy atom. The quantitative estimate of drug-likeness (QED) is 0.496. The van der Waals surface area contributed by atoms with Gasteiger partial charge in [-0.3, -0.25) is 0 Å². The van der Waals surface area contributed by atoms with E-state index in [2.05, 4.69) is 5.10 Å². The van der Waals surface area contributed by atoms with Crippen LogP contribution in [0.15, 0.2) is 17.2 Å². The molecule has 0 fully saturated rings. The third kappa shape index (κ3) is 3.39. The van der Waals surface area contributed by atoms with Gasteiger partial charge in [-0.25, -0.2) is 9.59 Å². The first-order chi connectivity index (χ1) is 12.7. The average molecular weight is 390 g/mol. The molecule has 0 aliphatic carbocycles. The summed E-state index contributed by atoms with van der Waals surface area (Å²) < 4.78 is 22.5. The molecule has 3 rings (SSSR count). The SMILES string of the molecule is Cc1cc(C)c2c(c1)OC(=O)C21OC(OC(C)(C)C)=NN1C(=O)OC(C)(C)C. The Balaban J connectivity index is 2.13. The predicted molar refractivity (Wildman–Crippen MR) is 101 cm³/mol. The Labute approximate surface area is 164 Å². The predicted octanol–water partition coefficient (Wildman–Crippen LogP) is 3.73. The van der Waals surface area contributed by atoms with Crippen LogP contribution in [0.1, 0.15) is 58.2 Å². The monoisotopic (exact) mass is 390 g/mol. The number of hydrogen-bond acceptors (Lipinski definition) is 7. The van der Waals surface area contributed by atoms with Crippen molar-refractivity contribution in [3.8, 4) is 5.75 Å². The van der Waals surface area contributed by atoms with E-state index in [1.165, 1.54) is 0 Å². The number of benzene rings is 1. The molecule has 28 heavy (non-hydrogen) atoms. The van der Waals surface area contributed by atoms with E-state index < -0.39 is 29.0 Å². The summed E-state index contributed by atoms with van der Waals surface area (Å²) in [5, 5.41) is 5.01. The third-order valence-electron chi connectivity index (χ3n) is 3.94. The van der Waals surface area contributed by atoms with Crippen molar-refractivity contribution in [2.75, 3.05) is 0 Å². The van der Waals surface area contributed by atoms with Crippen LogP contribution in [-0.4, -0.2) is 34.4 Å². The zero-order valence-electron chi connectivity index (χ0n) is 17.5. The lowest BCUT2D eigenvalue weighted by Gasteiger charge is -2.30. The first-order valence-corrected chi connectivity index (χ1v) is 9.07. The zero-order valence-corrected chi connectivity index (χ0v) is 17.5. The Kier molecular flexibility index (Phi) is 4.36. The highest BCUT2D eigenvalue weighted by atomic mass is 16.7. The highest BCUT2D eigenvalue weighted by molar-refractivity contribution is 5.96. The van der Waals surface area contributed by atoms with E-state index >= 15 is 0 Å². The number of aryl methyl sites for hydroxylation is 2. The summed E-state index contributed by atoms with van der Waals surface area (Å²) in [5.74, 6) is -0.457. The first kappa shape index (κ1) is 20.0. The fourth-order valence-corrected chi connectivity index (χ4v) is 3.12. The molecule has 2 aliphatic rings. The molecule has 0 radical (unpaired) electrons. The second-order valence-electron chi connectivity index (χ2n) is 8.96. The summed E-state index contributed by atoms with van der Waals surface area (Å²) in [7, 11) is 0. The summed E-state index contributed by atoms with van der Waals surface area (Å²) in [6.07, 6.45) is -1.05. The van der Waals surface area contributed by atoms with Gasteiger partial charge in [-0.05, 0) is 72.6 Å². The minimum absolute atomic E-state index is 0.205. The number of ether oxygens (including phenoxy) is 4. The van der Waals surface area contributed by atoms with E-state index in [0.717, 1.165) is 16.1 Å². The van der Waals surface area contributed by atoms with Crippen LogP contribution in [0.2, 0.25) is 0 Å². The van der Waals surface area contributed by atoms with Crippen LogP contribution >= 0.6 is 0 Å². The van der Waals surface area contributed by atoms with Crippen LogP contribution in [-0.2, 0) is 24.7 Å². The van der Waals surface area contributed by atoms with Gasteiger partial charge in [0.15, 0.2) is 0 Å². The van der Waals surface area contributed by atoms with Gasteiger partial charge in [0.05, 0.1) is 5.56 Å². The third-order valence-corrected chi connectivity index (χ3v) is 3.94. The normalized spacial score (nSPS) is 21.2. The molecule has 8 heteroatoms. The van der Waals surface area contributed by atoms with Crippen LogP contribution in [0.3, 0.4) is 0 Å². The highest BCUT2D eigenvalue weighted by Gasteiger charge is 2.65. The minimum Gasteiger partial charge on any atom is -0.444 e. The summed E-state index contributed by atoms with van der Waals surface area (Å²) in [4.78, 5) is 25.9. The van der Waals surface area contributed by atoms with Crippen molar-refractivity contribution in [3.05, 3.63) is 28.8 Å². The Morgan fingerprint density at radius 2 is 1.75 bits per heavy atom. The maximum atomic E-state index is 13.0. The highest BCUT2D eigenvalue weighted by Crippen LogP contribution is 2.49. The van der Waals surface area contributed by atoms with Gasteiger partial charge < -0.3 is 18.9 Å². The molecular weight excluding hydrogens is 364 g/mol. The molecule has 0 aromatic heterocycles. The van der Waals surface area contributed by atoms with Gasteiger partial charge >= 0.3 is 23.9 Å². The number of carbonyl (C=O) groups excluding carboxylic acids is 2. The van der Waals surface area contributed by atoms with Crippen molar-refractivity contribution in [3.63, 3.8) is 0 Å². The second-order valence-corrected chi connectivity index (χ2v) is 8.96. The number of nitrogens with zero attached hydrogens (tertiary/aromatic N) is 2. The molecule has 0 saturated carbocycles. The molecule has 0 saturated heterocycles. The molecule has 152 valence electrons. The molecule has 1 unspecified atom stereocenters. The van der Waals surface area contributed by atoms with Gasteiger partial charge in [-0.1, -0.05) is 11.2 Å². The van der Waals surface area contributed by atoms with E-state index in [-0.39, 0.29) is 6.08 Å². The molecule has 1 spiro atoms. The summed E-state index contributed by atoms with van der Waals surface area (Å²) in [6, 6.07) is 3.59. The van der Waals surface area contributed by atoms with Gasteiger partial charge in [0.1, 0.15) is 17.0 Å². The van der Waals surface area contributed by atoms with Crippen LogP contribution in [0, 0.1) is 13.8 Å². The summed E-state index contributed by atoms with van der Waals surface area (Å²) >= 11 is 0. The molecule has 0 bridgehead atoms. The molecule has 8 nitrogen and oxygen atoms in total. The number of fused-ring (bicyclic) bond motifs is 2. The van der Waals surface area contributed by atoms with Gasteiger partial charge in [0, 0.05) is 0 Å². The Morgan fingerprint density at radius 1 is 1.11 bits per heavy atom. The van der Waals surface area contributed by atoms with Crippen LogP contribution in [0.5, 0.6) is 5.75 Å². The molecule has 1 atom stereocenters. The van der Waals surface area contributed by atoms with E-state index in [1.54, 1.807) is 47.6 Å². The molecule has 1 aromatic rings. The lowest BCUT2D eigenvalue weighted by Crippen LogP contribution is -2.51. The largest absolute Gasteiger partial charge is 0.444 e. The lowest BCUT2D eigenvalue weighted by atomic mass is 9.96. The summed E-state index contributed by atoms with van der Waals surface area (Å²) in [5.41, 5.74) is -1.33. The Bertz CT molecular complexity index is 878. The standard InChI is InChI=1S/C20H26N2O6/c1-11-9-12(2)14-13(10-11)25-15(23)20(14)22(17(24)28-19(6,7)8)21-16(27-20)26-18(3,4)5/h9-10H,1-8H3. The van der Waals surface area contributed by atoms with Crippen molar-refractivity contribution in [2.45, 2.75) is 72.3 Å². The van der Waals surface area contributed by atoms with E-state index in [1.807, 2.05) is 19.9 Å². The van der Waals surface area contributed by atoms with Crippen molar-refractivity contribution in [1.82, 2.24) is 5.01 Å². The number of esters is 1. The first-order valence-electron chi connectivity index (χ1n) is 9.07. The van der Waals surface area contributed by atoms with Crippen LogP contribution < -0.4 is 4.74 Å². The smallest absolute Gasteiger partial charge is 0.435 e.